The number of hydrogen-bond acceptors (Lipinski definition) is 3. The van der Waals surface area contributed by atoms with Crippen molar-refractivity contribution in [3.8, 4) is 11.1 Å². The highest BCUT2D eigenvalue weighted by Gasteiger charge is 2.18. The fourth-order valence-electron chi connectivity index (χ4n) is 2.33. The van der Waals surface area contributed by atoms with Gasteiger partial charge in [0.1, 0.15) is 0 Å². The van der Waals surface area contributed by atoms with E-state index in [0.29, 0.717) is 12.1 Å². The number of amides is 1. The Kier molecular flexibility index (Phi) is 6.55. The molecule has 0 saturated heterocycles. The van der Waals surface area contributed by atoms with Gasteiger partial charge >= 0.3 is 5.97 Å². The number of para-hydroxylation sites is 1. The largest absolute Gasteiger partial charge is 0.453 e. The summed E-state index contributed by atoms with van der Waals surface area (Å²) in [5, 5.41) is 2.85. The molecule has 24 heavy (non-hydrogen) atoms. The molecule has 2 aromatic carbocycles. The standard InChI is InChI=1S/C20H23NO3/c1-3-4-14-19(22)24-15(2)20(23)21-18-13-9-8-12-17(18)16-10-6-5-7-11-16/h5-13,15H,3-4,14H2,1-2H3,(H,21,23)/t15-/m0/s1. The van der Waals surface area contributed by atoms with Crippen molar-refractivity contribution in [1.29, 1.82) is 0 Å². The van der Waals surface area contributed by atoms with Crippen LogP contribution in [0.1, 0.15) is 33.1 Å². The number of benzene rings is 2. The van der Waals surface area contributed by atoms with Crippen LogP contribution in [0.2, 0.25) is 0 Å². The number of esters is 1. The van der Waals surface area contributed by atoms with Crippen LogP contribution in [0.15, 0.2) is 54.6 Å². The molecule has 0 radical (unpaired) electrons. The molecule has 2 rings (SSSR count). The number of nitrogens with one attached hydrogen (secondary N) is 1. The van der Waals surface area contributed by atoms with Gasteiger partial charge in [-0.25, -0.2) is 0 Å². The van der Waals surface area contributed by atoms with E-state index in [1.807, 2.05) is 61.5 Å². The average molecular weight is 325 g/mol. The lowest BCUT2D eigenvalue weighted by atomic mass is 10.0. The number of carbonyl (C=O) groups is 2. The van der Waals surface area contributed by atoms with Crippen molar-refractivity contribution in [2.45, 2.75) is 39.2 Å². The molecule has 0 aliphatic heterocycles. The van der Waals surface area contributed by atoms with Crippen molar-refractivity contribution in [2.24, 2.45) is 0 Å². The van der Waals surface area contributed by atoms with E-state index >= 15 is 0 Å². The Hall–Kier alpha value is -2.62. The monoisotopic (exact) mass is 325 g/mol. The van der Waals surface area contributed by atoms with Gasteiger partial charge in [-0.15, -0.1) is 0 Å². The van der Waals surface area contributed by atoms with E-state index in [-0.39, 0.29) is 11.9 Å². The number of carbonyl (C=O) groups excluding carboxylic acids is 2. The van der Waals surface area contributed by atoms with Crippen molar-refractivity contribution in [3.63, 3.8) is 0 Å². The Bertz CT molecular complexity index is 682. The van der Waals surface area contributed by atoms with Crippen LogP contribution in [0, 0.1) is 0 Å². The molecule has 4 nitrogen and oxygen atoms in total. The lowest BCUT2D eigenvalue weighted by Crippen LogP contribution is -2.30. The molecule has 0 unspecified atom stereocenters. The minimum absolute atomic E-state index is 0.330. The fourth-order valence-corrected chi connectivity index (χ4v) is 2.33. The summed E-state index contributed by atoms with van der Waals surface area (Å²) < 4.78 is 5.18. The number of anilines is 1. The SMILES string of the molecule is CCCCC(=O)O[C@@H](C)C(=O)Nc1ccccc1-c1ccccc1. The number of hydrogen-bond donors (Lipinski definition) is 1. The molecular formula is C20H23NO3. The van der Waals surface area contributed by atoms with Crippen LogP contribution >= 0.6 is 0 Å². The van der Waals surface area contributed by atoms with Gasteiger partial charge in [0.25, 0.3) is 5.91 Å². The van der Waals surface area contributed by atoms with Gasteiger partial charge in [0, 0.05) is 17.7 Å². The highest BCUT2D eigenvalue weighted by atomic mass is 16.5. The summed E-state index contributed by atoms with van der Waals surface area (Å²) in [5.41, 5.74) is 2.64. The van der Waals surface area contributed by atoms with Gasteiger partial charge in [-0.2, -0.15) is 0 Å². The molecule has 0 aliphatic rings. The Labute approximate surface area is 142 Å². The second-order valence-electron chi connectivity index (χ2n) is 5.64. The minimum Gasteiger partial charge on any atom is -0.453 e. The first-order chi connectivity index (χ1) is 11.6. The maximum absolute atomic E-state index is 12.3. The zero-order valence-corrected chi connectivity index (χ0v) is 14.1. The molecule has 0 aliphatic carbocycles. The van der Waals surface area contributed by atoms with Crippen LogP contribution in [0.3, 0.4) is 0 Å². The molecule has 126 valence electrons. The summed E-state index contributed by atoms with van der Waals surface area (Å²) in [6.45, 7) is 3.59. The molecule has 2 aromatic rings. The van der Waals surface area contributed by atoms with Gasteiger partial charge < -0.3 is 10.1 Å². The van der Waals surface area contributed by atoms with Crippen molar-refractivity contribution < 1.29 is 14.3 Å². The molecular weight excluding hydrogens is 302 g/mol. The first kappa shape index (κ1) is 17.7. The number of ether oxygens (including phenoxy) is 1. The zero-order valence-electron chi connectivity index (χ0n) is 14.1. The summed E-state index contributed by atoms with van der Waals surface area (Å²) >= 11 is 0. The van der Waals surface area contributed by atoms with E-state index in [0.717, 1.165) is 24.0 Å². The highest BCUT2D eigenvalue weighted by molar-refractivity contribution is 5.98. The van der Waals surface area contributed by atoms with E-state index in [1.54, 1.807) is 6.92 Å². The first-order valence-corrected chi connectivity index (χ1v) is 8.26. The summed E-state index contributed by atoms with van der Waals surface area (Å²) in [7, 11) is 0. The second kappa shape index (κ2) is 8.87. The second-order valence-corrected chi connectivity index (χ2v) is 5.64. The predicted octanol–water partition coefficient (Wildman–Crippen LogP) is 4.41. The zero-order chi connectivity index (χ0) is 17.4. The molecule has 0 bridgehead atoms. The highest BCUT2D eigenvalue weighted by Crippen LogP contribution is 2.27. The molecule has 0 fully saturated rings. The van der Waals surface area contributed by atoms with Gasteiger partial charge in [0.15, 0.2) is 6.10 Å². The smallest absolute Gasteiger partial charge is 0.306 e. The summed E-state index contributed by atoms with van der Waals surface area (Å²) in [4.78, 5) is 24.0. The van der Waals surface area contributed by atoms with Gasteiger partial charge in [-0.1, -0.05) is 61.9 Å². The topological polar surface area (TPSA) is 55.4 Å². The molecule has 0 heterocycles. The van der Waals surface area contributed by atoms with Crippen molar-refractivity contribution >= 4 is 17.6 Å². The van der Waals surface area contributed by atoms with Gasteiger partial charge in [-0.3, -0.25) is 9.59 Å². The lowest BCUT2D eigenvalue weighted by molar-refractivity contribution is -0.153. The van der Waals surface area contributed by atoms with Gasteiger partial charge in [0.05, 0.1) is 0 Å². The maximum atomic E-state index is 12.3. The molecule has 1 atom stereocenters. The molecule has 0 spiro atoms. The fraction of sp³-hybridized carbons (Fsp3) is 0.300. The quantitative estimate of drug-likeness (QED) is 0.767. The van der Waals surface area contributed by atoms with Gasteiger partial charge in [-0.05, 0) is 25.0 Å². The van der Waals surface area contributed by atoms with E-state index in [2.05, 4.69) is 5.32 Å². The number of rotatable bonds is 7. The Morgan fingerprint density at radius 3 is 2.42 bits per heavy atom. The number of unbranched alkanes of at least 4 members (excludes halogenated alkanes) is 1. The van der Waals surface area contributed by atoms with Crippen molar-refractivity contribution in [3.05, 3.63) is 54.6 Å². The summed E-state index contributed by atoms with van der Waals surface area (Å²) in [5.74, 6) is -0.668. The Balaban J connectivity index is 2.06. The molecule has 0 saturated carbocycles. The third-order valence-electron chi connectivity index (χ3n) is 3.68. The van der Waals surface area contributed by atoms with Crippen LogP contribution in [0.4, 0.5) is 5.69 Å². The third kappa shape index (κ3) is 4.95. The minimum atomic E-state index is -0.821. The maximum Gasteiger partial charge on any atom is 0.306 e. The van der Waals surface area contributed by atoms with E-state index in [1.165, 1.54) is 0 Å². The molecule has 0 aromatic heterocycles. The van der Waals surface area contributed by atoms with Crippen molar-refractivity contribution in [1.82, 2.24) is 0 Å². The predicted molar refractivity (Wildman–Crippen MR) is 95.6 cm³/mol. The molecule has 1 N–H and O–H groups in total. The van der Waals surface area contributed by atoms with Crippen molar-refractivity contribution in [2.75, 3.05) is 5.32 Å². The third-order valence-corrected chi connectivity index (χ3v) is 3.68. The Morgan fingerprint density at radius 2 is 1.71 bits per heavy atom. The molecule has 1 amide bonds. The lowest BCUT2D eigenvalue weighted by Gasteiger charge is -2.15. The van der Waals surface area contributed by atoms with Crippen LogP contribution in [0.5, 0.6) is 0 Å². The average Bonchev–Trinajstić information content (AvgIpc) is 2.61. The van der Waals surface area contributed by atoms with Crippen LogP contribution in [0.25, 0.3) is 11.1 Å². The van der Waals surface area contributed by atoms with E-state index in [9.17, 15) is 9.59 Å². The summed E-state index contributed by atoms with van der Waals surface area (Å²) in [6, 6.07) is 17.4. The van der Waals surface area contributed by atoms with Crippen LogP contribution in [-0.4, -0.2) is 18.0 Å². The van der Waals surface area contributed by atoms with E-state index < -0.39 is 6.10 Å². The van der Waals surface area contributed by atoms with Crippen LogP contribution in [-0.2, 0) is 14.3 Å². The molecule has 4 heteroatoms. The first-order valence-electron chi connectivity index (χ1n) is 8.26. The van der Waals surface area contributed by atoms with E-state index in [4.69, 9.17) is 4.74 Å². The van der Waals surface area contributed by atoms with Crippen LogP contribution < -0.4 is 5.32 Å². The normalized spacial score (nSPS) is 11.6. The Morgan fingerprint density at radius 1 is 1.04 bits per heavy atom. The summed E-state index contributed by atoms with van der Waals surface area (Å²) in [6.07, 6.45) is 1.21. The van der Waals surface area contributed by atoms with Gasteiger partial charge in [0.2, 0.25) is 0 Å².